The van der Waals surface area contributed by atoms with Crippen LogP contribution in [0.4, 0.5) is 0 Å². The van der Waals surface area contributed by atoms with Gasteiger partial charge in [-0.25, -0.2) is 0 Å². The van der Waals surface area contributed by atoms with Crippen molar-refractivity contribution in [2.45, 2.75) is 50.5 Å². The van der Waals surface area contributed by atoms with Gasteiger partial charge in [-0.3, -0.25) is 9.78 Å². The lowest BCUT2D eigenvalue weighted by Crippen LogP contribution is -2.59. The van der Waals surface area contributed by atoms with Crippen LogP contribution in [0.2, 0.25) is 0 Å². The zero-order valence-corrected chi connectivity index (χ0v) is 17.3. The van der Waals surface area contributed by atoms with E-state index in [0.29, 0.717) is 24.2 Å². The second-order valence-electron chi connectivity index (χ2n) is 8.21. The van der Waals surface area contributed by atoms with Crippen LogP contribution < -0.4 is 14.8 Å². The Bertz CT molecular complexity index is 839. The molecule has 2 saturated carbocycles. The van der Waals surface area contributed by atoms with Gasteiger partial charge < -0.3 is 14.8 Å². The van der Waals surface area contributed by atoms with Gasteiger partial charge in [0.1, 0.15) is 0 Å². The number of rotatable bonds is 7. The van der Waals surface area contributed by atoms with Crippen LogP contribution in [0.3, 0.4) is 0 Å². The monoisotopic (exact) mass is 394 g/mol. The molecule has 4 rings (SSSR count). The summed E-state index contributed by atoms with van der Waals surface area (Å²) < 4.78 is 10.9. The molecule has 4 atom stereocenters. The van der Waals surface area contributed by atoms with Crippen molar-refractivity contribution in [2.24, 2.45) is 11.8 Å². The van der Waals surface area contributed by atoms with E-state index in [9.17, 15) is 4.79 Å². The zero-order valence-electron chi connectivity index (χ0n) is 17.3. The summed E-state index contributed by atoms with van der Waals surface area (Å²) in [5.41, 5.74) is 2.34. The maximum absolute atomic E-state index is 12.7. The van der Waals surface area contributed by atoms with E-state index < -0.39 is 0 Å². The fraction of sp³-hybridized carbons (Fsp3) is 0.500. The van der Waals surface area contributed by atoms with Crippen molar-refractivity contribution in [3.05, 3.63) is 53.9 Å². The number of methoxy groups -OCH3 is 2. The van der Waals surface area contributed by atoms with Gasteiger partial charge in [-0.1, -0.05) is 25.0 Å². The zero-order chi connectivity index (χ0) is 20.2. The summed E-state index contributed by atoms with van der Waals surface area (Å²) in [4.78, 5) is 16.9. The Kier molecular flexibility index (Phi) is 6.02. The molecule has 5 nitrogen and oxygen atoms in total. The van der Waals surface area contributed by atoms with E-state index in [-0.39, 0.29) is 11.9 Å². The Balaban J connectivity index is 1.47. The summed E-state index contributed by atoms with van der Waals surface area (Å²) in [6, 6.07) is 10.3. The fourth-order valence-electron chi connectivity index (χ4n) is 5.24. The van der Waals surface area contributed by atoms with Crippen molar-refractivity contribution < 1.29 is 14.3 Å². The molecule has 0 saturated heterocycles. The first-order chi connectivity index (χ1) is 14.2. The third-order valence-corrected chi connectivity index (χ3v) is 6.67. The molecular weight excluding hydrogens is 364 g/mol. The normalized spacial score (nSPS) is 25.4. The number of aryl methyl sites for hydroxylation is 1. The number of hydrogen-bond donors (Lipinski definition) is 1. The van der Waals surface area contributed by atoms with Crippen LogP contribution in [0.15, 0.2) is 42.7 Å². The van der Waals surface area contributed by atoms with Crippen molar-refractivity contribution in [3.8, 4) is 11.5 Å². The predicted octanol–water partition coefficient (Wildman–Crippen LogP) is 4.12. The summed E-state index contributed by atoms with van der Waals surface area (Å²) in [7, 11) is 3.33. The molecule has 0 aliphatic heterocycles. The number of fused-ring (bicyclic) bond motifs is 1. The van der Waals surface area contributed by atoms with E-state index in [4.69, 9.17) is 9.47 Å². The van der Waals surface area contributed by atoms with E-state index in [1.54, 1.807) is 20.4 Å². The Hall–Kier alpha value is -2.56. The Morgan fingerprint density at radius 2 is 1.90 bits per heavy atom. The van der Waals surface area contributed by atoms with E-state index in [1.165, 1.54) is 31.2 Å². The molecule has 0 unspecified atom stereocenters. The maximum atomic E-state index is 12.7. The van der Waals surface area contributed by atoms with Crippen LogP contribution >= 0.6 is 0 Å². The first kappa shape index (κ1) is 19.7. The fourth-order valence-corrected chi connectivity index (χ4v) is 5.24. The molecule has 2 fully saturated rings. The molecule has 1 aromatic heterocycles. The van der Waals surface area contributed by atoms with Crippen LogP contribution in [-0.4, -0.2) is 31.2 Å². The number of nitrogens with one attached hydrogen (secondary N) is 1. The number of aromatic nitrogens is 1. The number of ether oxygens (including phenoxy) is 2. The first-order valence-corrected chi connectivity index (χ1v) is 10.6. The first-order valence-electron chi connectivity index (χ1n) is 10.6. The van der Waals surface area contributed by atoms with Crippen LogP contribution in [0, 0.1) is 11.8 Å². The highest BCUT2D eigenvalue weighted by molar-refractivity contribution is 5.77. The molecule has 2 aliphatic rings. The van der Waals surface area contributed by atoms with E-state index >= 15 is 0 Å². The highest BCUT2D eigenvalue weighted by Crippen LogP contribution is 2.55. The summed E-state index contributed by atoms with van der Waals surface area (Å²) >= 11 is 0. The van der Waals surface area contributed by atoms with Crippen molar-refractivity contribution in [1.29, 1.82) is 0 Å². The minimum atomic E-state index is 0.133. The van der Waals surface area contributed by atoms with Gasteiger partial charge in [-0.15, -0.1) is 0 Å². The largest absolute Gasteiger partial charge is 0.493 e. The van der Waals surface area contributed by atoms with Crippen molar-refractivity contribution >= 4 is 5.91 Å². The molecule has 154 valence electrons. The second-order valence-corrected chi connectivity index (χ2v) is 8.21. The SMILES string of the molecule is COc1ccc([C@H]2[C@H]3CCCC[C@H]3[C@@H]2NC(=O)CCc2cccnc2)cc1OC. The Labute approximate surface area is 172 Å². The summed E-state index contributed by atoms with van der Waals surface area (Å²) in [5, 5.41) is 3.37. The number of amides is 1. The van der Waals surface area contributed by atoms with E-state index in [2.05, 4.69) is 22.4 Å². The van der Waals surface area contributed by atoms with Crippen LogP contribution in [0.5, 0.6) is 11.5 Å². The van der Waals surface area contributed by atoms with Gasteiger partial charge in [0.05, 0.1) is 14.2 Å². The van der Waals surface area contributed by atoms with Crippen molar-refractivity contribution in [3.63, 3.8) is 0 Å². The standard InChI is InChI=1S/C24H30N2O3/c1-28-20-11-10-17(14-21(20)29-2)23-18-7-3-4-8-19(18)24(23)26-22(27)12-9-16-6-5-13-25-15-16/h5-6,10-11,13-15,18-19,23-24H,3-4,7-9,12H2,1-2H3,(H,26,27)/t18-,19+,23-,24-/m0/s1. The van der Waals surface area contributed by atoms with Crippen molar-refractivity contribution in [2.75, 3.05) is 14.2 Å². The third kappa shape index (κ3) is 4.09. The number of carbonyl (C=O) groups excluding carboxylic acids is 1. The number of benzene rings is 1. The van der Waals surface area contributed by atoms with Gasteiger partial charge in [0.15, 0.2) is 11.5 Å². The number of carbonyl (C=O) groups is 1. The molecule has 1 heterocycles. The van der Waals surface area contributed by atoms with Gasteiger partial charge in [0.25, 0.3) is 0 Å². The van der Waals surface area contributed by atoms with Gasteiger partial charge in [0, 0.05) is 30.8 Å². The van der Waals surface area contributed by atoms with Gasteiger partial charge in [0.2, 0.25) is 5.91 Å². The molecule has 0 bridgehead atoms. The van der Waals surface area contributed by atoms with E-state index in [0.717, 1.165) is 23.5 Å². The molecule has 5 heteroatoms. The second kappa shape index (κ2) is 8.85. The lowest BCUT2D eigenvalue weighted by Gasteiger charge is -2.55. The molecule has 0 spiro atoms. The molecule has 29 heavy (non-hydrogen) atoms. The minimum Gasteiger partial charge on any atom is -0.493 e. The molecule has 2 aliphatic carbocycles. The van der Waals surface area contributed by atoms with Gasteiger partial charge >= 0.3 is 0 Å². The lowest BCUT2D eigenvalue weighted by molar-refractivity contribution is -0.124. The quantitative estimate of drug-likeness (QED) is 0.767. The summed E-state index contributed by atoms with van der Waals surface area (Å²) in [6.45, 7) is 0. The molecule has 1 aromatic carbocycles. The van der Waals surface area contributed by atoms with Crippen LogP contribution in [0.1, 0.15) is 49.1 Å². The molecule has 1 N–H and O–H groups in total. The topological polar surface area (TPSA) is 60.5 Å². The smallest absolute Gasteiger partial charge is 0.220 e. The highest BCUT2D eigenvalue weighted by Gasteiger charge is 2.51. The lowest BCUT2D eigenvalue weighted by atomic mass is 9.53. The van der Waals surface area contributed by atoms with E-state index in [1.807, 2.05) is 24.4 Å². The third-order valence-electron chi connectivity index (χ3n) is 6.67. The minimum absolute atomic E-state index is 0.133. The van der Waals surface area contributed by atoms with Crippen LogP contribution in [0.25, 0.3) is 0 Å². The Morgan fingerprint density at radius 1 is 1.10 bits per heavy atom. The van der Waals surface area contributed by atoms with Gasteiger partial charge in [-0.2, -0.15) is 0 Å². The average Bonchev–Trinajstić information content (AvgIpc) is 2.77. The molecule has 1 amide bonds. The van der Waals surface area contributed by atoms with Gasteiger partial charge in [-0.05, 0) is 60.4 Å². The Morgan fingerprint density at radius 3 is 2.62 bits per heavy atom. The summed E-state index contributed by atoms with van der Waals surface area (Å²) in [5.74, 6) is 3.21. The number of nitrogens with zero attached hydrogens (tertiary/aromatic N) is 1. The van der Waals surface area contributed by atoms with Crippen LogP contribution in [-0.2, 0) is 11.2 Å². The summed E-state index contributed by atoms with van der Waals surface area (Å²) in [6.07, 6.45) is 9.82. The molecule has 2 aromatic rings. The number of pyridine rings is 1. The molecule has 0 radical (unpaired) electrons. The average molecular weight is 395 g/mol. The molecular formula is C24H30N2O3. The predicted molar refractivity (Wildman–Crippen MR) is 112 cm³/mol. The maximum Gasteiger partial charge on any atom is 0.220 e. The number of hydrogen-bond acceptors (Lipinski definition) is 4. The highest BCUT2D eigenvalue weighted by atomic mass is 16.5. The van der Waals surface area contributed by atoms with Crippen molar-refractivity contribution in [1.82, 2.24) is 10.3 Å².